The van der Waals surface area contributed by atoms with Gasteiger partial charge in [-0.2, -0.15) is 0 Å². The molecule has 3 nitrogen and oxygen atoms in total. The minimum absolute atomic E-state index is 0.627. The fourth-order valence-corrected chi connectivity index (χ4v) is 3.52. The van der Waals surface area contributed by atoms with Crippen LogP contribution >= 0.6 is 12.1 Å². The van der Waals surface area contributed by atoms with E-state index in [-0.39, 0.29) is 0 Å². The van der Waals surface area contributed by atoms with Gasteiger partial charge in [-0.25, -0.2) is 9.03 Å². The summed E-state index contributed by atoms with van der Waals surface area (Å²) in [7, 11) is 4.13. The van der Waals surface area contributed by atoms with Crippen LogP contribution in [0.1, 0.15) is 42.9 Å². The number of aromatic nitrogens is 1. The van der Waals surface area contributed by atoms with Gasteiger partial charge in [0.1, 0.15) is 0 Å². The van der Waals surface area contributed by atoms with Crippen molar-refractivity contribution in [3.8, 4) is 0 Å². The highest BCUT2D eigenvalue weighted by Gasteiger charge is 2.23. The summed E-state index contributed by atoms with van der Waals surface area (Å²) in [6.07, 6.45) is 12.7. The number of aromatic amines is 1. The first-order valence-electron chi connectivity index (χ1n) is 7.87. The summed E-state index contributed by atoms with van der Waals surface area (Å²) in [5.74, 6) is 0.644. The van der Waals surface area contributed by atoms with E-state index in [9.17, 15) is 0 Å². The topological polar surface area (TPSA) is 31.1 Å². The van der Waals surface area contributed by atoms with Gasteiger partial charge in [0.2, 0.25) is 0 Å². The van der Waals surface area contributed by atoms with Gasteiger partial charge in [0.25, 0.3) is 0 Å². The average molecular weight is 318 g/mol. The number of allylic oxidation sites excluding steroid dienone is 4. The zero-order valence-corrected chi connectivity index (χ0v) is 14.5. The van der Waals surface area contributed by atoms with Crippen LogP contribution in [0.3, 0.4) is 0 Å². The first kappa shape index (κ1) is 17.1. The molecule has 0 spiro atoms. The van der Waals surface area contributed by atoms with Crippen molar-refractivity contribution in [1.82, 2.24) is 14.0 Å². The molecule has 1 saturated carbocycles. The van der Waals surface area contributed by atoms with Gasteiger partial charge in [-0.15, -0.1) is 0 Å². The van der Waals surface area contributed by atoms with E-state index in [1.54, 1.807) is 12.1 Å². The van der Waals surface area contributed by atoms with Gasteiger partial charge in [0, 0.05) is 30.1 Å². The molecule has 0 aliphatic heterocycles. The van der Waals surface area contributed by atoms with Gasteiger partial charge in [0.05, 0.1) is 0 Å². The highest BCUT2D eigenvalue weighted by molar-refractivity contribution is 7.95. The highest BCUT2D eigenvalue weighted by Crippen LogP contribution is 2.34. The third kappa shape index (κ3) is 4.63. The molecular weight excluding hydrogens is 290 g/mol. The zero-order valence-electron chi connectivity index (χ0n) is 13.6. The molecule has 1 heterocycles. The van der Waals surface area contributed by atoms with Crippen LogP contribution in [0.2, 0.25) is 0 Å². The van der Waals surface area contributed by atoms with Crippen molar-refractivity contribution in [1.29, 1.82) is 0 Å². The number of nitrogens with one attached hydrogen (secondary N) is 2. The second-order valence-electron chi connectivity index (χ2n) is 5.98. The number of nitrogens with zero attached hydrogens (tertiary/aromatic N) is 1. The monoisotopic (exact) mass is 317 g/mol. The van der Waals surface area contributed by atoms with Crippen molar-refractivity contribution in [2.75, 3.05) is 14.1 Å². The van der Waals surface area contributed by atoms with Gasteiger partial charge in [0.15, 0.2) is 0 Å². The Labute approximate surface area is 138 Å². The van der Waals surface area contributed by atoms with E-state index in [1.165, 1.54) is 36.9 Å². The van der Waals surface area contributed by atoms with Gasteiger partial charge in [-0.3, -0.25) is 0 Å². The fraction of sp³-hybridized carbons (Fsp3) is 0.444. The Morgan fingerprint density at radius 1 is 1.32 bits per heavy atom. The molecule has 0 amide bonds. The Morgan fingerprint density at radius 3 is 2.64 bits per heavy atom. The summed E-state index contributed by atoms with van der Waals surface area (Å²) in [5, 5.41) is 0. The highest BCUT2D eigenvalue weighted by atomic mass is 32.2. The summed E-state index contributed by atoms with van der Waals surface area (Å²) in [4.78, 5) is 3.46. The lowest BCUT2D eigenvalue weighted by atomic mass is 9.84. The Bertz CT molecular complexity index is 522. The molecule has 4 heteroatoms. The molecule has 1 aliphatic rings. The van der Waals surface area contributed by atoms with Crippen molar-refractivity contribution >= 4 is 17.7 Å². The number of H-pyrrole nitrogens is 1. The lowest BCUT2D eigenvalue weighted by Crippen LogP contribution is -2.30. The van der Waals surface area contributed by atoms with E-state index >= 15 is 0 Å². The van der Waals surface area contributed by atoms with Crippen LogP contribution in [0.15, 0.2) is 43.6 Å². The molecule has 0 aromatic carbocycles. The normalized spacial score (nSPS) is 22.8. The molecule has 0 unspecified atom stereocenters. The minimum Gasteiger partial charge on any atom is -0.364 e. The maximum Gasteiger partial charge on any atom is 0.0185 e. The summed E-state index contributed by atoms with van der Waals surface area (Å²) in [5.41, 5.74) is 3.68. The average Bonchev–Trinajstić information content (AvgIpc) is 3.00. The van der Waals surface area contributed by atoms with Crippen molar-refractivity contribution in [3.05, 3.63) is 54.9 Å². The predicted octanol–water partition coefficient (Wildman–Crippen LogP) is 4.51. The van der Waals surface area contributed by atoms with Crippen molar-refractivity contribution in [2.45, 2.75) is 37.6 Å². The van der Waals surface area contributed by atoms with E-state index in [4.69, 9.17) is 0 Å². The summed E-state index contributed by atoms with van der Waals surface area (Å²) < 4.78 is 5.64. The Balaban J connectivity index is 1.92. The third-order valence-electron chi connectivity index (χ3n) is 4.12. The Kier molecular flexibility index (Phi) is 6.55. The van der Waals surface area contributed by atoms with Crippen molar-refractivity contribution < 1.29 is 0 Å². The number of hydrogen-bond acceptors (Lipinski definition) is 3. The predicted molar refractivity (Wildman–Crippen MR) is 98.6 cm³/mol. The maximum absolute atomic E-state index is 3.88. The standard InChI is InChI=1S/C18H27N3S/c1-5-7-14(6-2)16-12-18(19-13-16)15-8-10-17(11-9-15)20-22-21(3)4/h5-7,12-13,15,17,19-20H,1-2,8-11H2,3-4H3/b14-7+. The maximum atomic E-state index is 3.88. The molecule has 1 aliphatic carbocycles. The van der Waals surface area contributed by atoms with Crippen LogP contribution in [0.4, 0.5) is 0 Å². The molecule has 0 saturated heterocycles. The molecule has 2 N–H and O–H groups in total. The van der Waals surface area contributed by atoms with E-state index in [1.807, 2.05) is 18.2 Å². The van der Waals surface area contributed by atoms with Crippen LogP contribution in [-0.4, -0.2) is 29.4 Å². The minimum atomic E-state index is 0.627. The fourth-order valence-electron chi connectivity index (χ4n) is 2.93. The number of rotatable bonds is 7. The largest absolute Gasteiger partial charge is 0.364 e. The molecule has 1 aromatic heterocycles. The molecule has 120 valence electrons. The Hall–Kier alpha value is -1.23. The molecule has 0 radical (unpaired) electrons. The van der Waals surface area contributed by atoms with Crippen LogP contribution in [0.5, 0.6) is 0 Å². The molecule has 0 bridgehead atoms. The van der Waals surface area contributed by atoms with Crippen molar-refractivity contribution in [2.24, 2.45) is 0 Å². The summed E-state index contributed by atoms with van der Waals surface area (Å²) in [6.45, 7) is 7.64. The first-order valence-corrected chi connectivity index (χ1v) is 8.65. The van der Waals surface area contributed by atoms with Crippen LogP contribution in [-0.2, 0) is 0 Å². The van der Waals surface area contributed by atoms with E-state index < -0.39 is 0 Å². The van der Waals surface area contributed by atoms with Crippen LogP contribution in [0, 0.1) is 0 Å². The summed E-state index contributed by atoms with van der Waals surface area (Å²) >= 11 is 1.70. The van der Waals surface area contributed by atoms with E-state index in [2.05, 4.69) is 53.5 Å². The van der Waals surface area contributed by atoms with Gasteiger partial charge in [-0.1, -0.05) is 31.4 Å². The van der Waals surface area contributed by atoms with Gasteiger partial charge in [-0.05, 0) is 62.9 Å². The number of hydrogen-bond donors (Lipinski definition) is 2. The Morgan fingerprint density at radius 2 is 2.05 bits per heavy atom. The van der Waals surface area contributed by atoms with Gasteiger partial charge >= 0.3 is 0 Å². The second-order valence-corrected chi connectivity index (χ2v) is 7.12. The van der Waals surface area contributed by atoms with E-state index in [0.29, 0.717) is 12.0 Å². The molecule has 1 fully saturated rings. The van der Waals surface area contributed by atoms with Crippen LogP contribution in [0.25, 0.3) is 5.57 Å². The lowest BCUT2D eigenvalue weighted by molar-refractivity contribution is 0.376. The van der Waals surface area contributed by atoms with E-state index in [0.717, 1.165) is 5.57 Å². The van der Waals surface area contributed by atoms with Gasteiger partial charge < -0.3 is 4.98 Å². The molecule has 0 atom stereocenters. The third-order valence-corrected chi connectivity index (χ3v) is 4.93. The SMILES string of the molecule is C=C/C=C(\C=C)c1c[nH]c(C2CCC(NSN(C)C)CC2)c1. The zero-order chi connectivity index (χ0) is 15.9. The smallest absolute Gasteiger partial charge is 0.0185 e. The first-order chi connectivity index (χ1) is 10.6. The van der Waals surface area contributed by atoms with Crippen molar-refractivity contribution in [3.63, 3.8) is 0 Å². The summed E-state index contributed by atoms with van der Waals surface area (Å²) in [6, 6.07) is 2.90. The molecule has 1 aromatic rings. The molecule has 22 heavy (non-hydrogen) atoms. The molecule has 2 rings (SSSR count). The lowest BCUT2D eigenvalue weighted by Gasteiger charge is -2.29. The molecular formula is C18H27N3S. The van der Waals surface area contributed by atoms with Crippen LogP contribution < -0.4 is 4.72 Å². The quantitative estimate of drug-likeness (QED) is 0.573. The second kappa shape index (κ2) is 8.42.